The van der Waals surface area contributed by atoms with Crippen molar-refractivity contribution in [2.24, 2.45) is 17.3 Å². The molecule has 34 heavy (non-hydrogen) atoms. The summed E-state index contributed by atoms with van der Waals surface area (Å²) in [5.74, 6) is 0.387. The number of allylic oxidation sites excluding steroid dienone is 1. The monoisotopic (exact) mass is 478 g/mol. The van der Waals surface area contributed by atoms with Crippen molar-refractivity contribution in [1.29, 1.82) is 0 Å². The van der Waals surface area contributed by atoms with E-state index in [1.54, 1.807) is 0 Å². The van der Waals surface area contributed by atoms with Crippen LogP contribution in [0, 0.1) is 17.3 Å². The predicted octanol–water partition coefficient (Wildman–Crippen LogP) is 5.93. The molecule has 0 N–H and O–H groups in total. The number of ether oxygens (including phenoxy) is 2. The van der Waals surface area contributed by atoms with E-state index in [1.807, 2.05) is 0 Å². The third-order valence-corrected chi connectivity index (χ3v) is 13.4. The van der Waals surface area contributed by atoms with Crippen molar-refractivity contribution in [2.45, 2.75) is 64.7 Å². The van der Waals surface area contributed by atoms with Gasteiger partial charge in [-0.25, -0.2) is 0 Å². The Kier molecular flexibility index (Phi) is 7.26. The topological polar surface area (TPSA) is 27.7 Å². The summed E-state index contributed by atoms with van der Waals surface area (Å²) in [7, 11) is -2.65. The summed E-state index contributed by atoms with van der Waals surface area (Å²) in [6.07, 6.45) is 5.07. The van der Waals surface area contributed by atoms with Crippen molar-refractivity contribution < 1.29 is 13.9 Å². The second kappa shape index (κ2) is 9.73. The largest absolute Gasteiger partial charge is 0.407 e. The van der Waals surface area contributed by atoms with E-state index in [0.717, 1.165) is 19.3 Å². The van der Waals surface area contributed by atoms with Gasteiger partial charge in [0.15, 0.2) is 5.79 Å². The minimum absolute atomic E-state index is 0.0581. The first-order chi connectivity index (χ1) is 16.2. The van der Waals surface area contributed by atoms with E-state index in [4.69, 9.17) is 13.9 Å². The van der Waals surface area contributed by atoms with Crippen molar-refractivity contribution in [2.75, 3.05) is 19.8 Å². The zero-order valence-corrected chi connectivity index (χ0v) is 22.7. The Balaban J connectivity index is 1.80. The standard InChI is InChI=1S/C30H42O3Si/c1-7-14-24(2)27-19-20-30(31-21-22-32-30)29(27,6)23-33-34(28(3,4)5,25-15-10-8-11-16-25)26-17-12-9-13-18-26/h7-13,15-18,24,27H,1,14,19-23H2,2-6H3/t24-,27-,29-/m0/s1. The molecule has 1 heterocycles. The van der Waals surface area contributed by atoms with Crippen molar-refractivity contribution in [3.63, 3.8) is 0 Å². The van der Waals surface area contributed by atoms with E-state index >= 15 is 0 Å². The Morgan fingerprint density at radius 2 is 1.56 bits per heavy atom. The van der Waals surface area contributed by atoms with Crippen molar-refractivity contribution >= 4 is 18.7 Å². The quantitative estimate of drug-likeness (QED) is 0.347. The van der Waals surface area contributed by atoms with E-state index in [9.17, 15) is 0 Å². The van der Waals surface area contributed by atoms with Gasteiger partial charge in [-0.15, -0.1) is 6.58 Å². The van der Waals surface area contributed by atoms with Crippen molar-refractivity contribution in [1.82, 2.24) is 0 Å². The average Bonchev–Trinajstić information content (AvgIpc) is 3.41. The lowest BCUT2D eigenvalue weighted by atomic mass is 9.70. The highest BCUT2D eigenvalue weighted by molar-refractivity contribution is 6.99. The zero-order chi connectivity index (χ0) is 24.5. The first kappa shape index (κ1) is 25.4. The minimum Gasteiger partial charge on any atom is -0.407 e. The smallest absolute Gasteiger partial charge is 0.261 e. The molecule has 0 bridgehead atoms. The third kappa shape index (κ3) is 4.13. The molecule has 3 nitrogen and oxygen atoms in total. The Labute approximate surface area is 207 Å². The van der Waals surface area contributed by atoms with Crippen LogP contribution in [0.15, 0.2) is 73.3 Å². The van der Waals surface area contributed by atoms with Gasteiger partial charge in [-0.2, -0.15) is 0 Å². The molecule has 2 aromatic carbocycles. The maximum absolute atomic E-state index is 7.45. The van der Waals surface area contributed by atoms with Crippen molar-refractivity contribution in [3.8, 4) is 0 Å². The number of rotatable bonds is 8. The molecule has 0 unspecified atom stereocenters. The lowest BCUT2D eigenvalue weighted by Crippen LogP contribution is -2.68. The zero-order valence-electron chi connectivity index (χ0n) is 21.7. The molecule has 0 aromatic heterocycles. The van der Waals surface area contributed by atoms with Gasteiger partial charge in [0.2, 0.25) is 0 Å². The second-order valence-corrected chi connectivity index (χ2v) is 15.8. The number of hydrogen-bond donors (Lipinski definition) is 0. The van der Waals surface area contributed by atoms with Gasteiger partial charge in [0.05, 0.1) is 13.2 Å². The van der Waals surface area contributed by atoms with Crippen LogP contribution in [0.2, 0.25) is 5.04 Å². The number of hydrogen-bond acceptors (Lipinski definition) is 3. The summed E-state index contributed by atoms with van der Waals surface area (Å²) in [6, 6.07) is 21.8. The third-order valence-electron chi connectivity index (χ3n) is 8.46. The summed E-state index contributed by atoms with van der Waals surface area (Å²) in [5, 5.41) is 2.57. The molecule has 1 saturated carbocycles. The van der Waals surface area contributed by atoms with Gasteiger partial charge in [-0.1, -0.05) is 101 Å². The maximum atomic E-state index is 7.45. The van der Waals surface area contributed by atoms with Crippen LogP contribution in [0.1, 0.15) is 53.9 Å². The highest BCUT2D eigenvalue weighted by Crippen LogP contribution is 2.58. The molecule has 1 saturated heterocycles. The Morgan fingerprint density at radius 3 is 2.03 bits per heavy atom. The summed E-state index contributed by atoms with van der Waals surface area (Å²) in [4.78, 5) is 0. The fourth-order valence-corrected chi connectivity index (χ4v) is 11.4. The van der Waals surface area contributed by atoms with Crippen LogP contribution < -0.4 is 10.4 Å². The van der Waals surface area contributed by atoms with Crippen LogP contribution in [0.5, 0.6) is 0 Å². The Morgan fingerprint density at radius 1 is 1.03 bits per heavy atom. The van der Waals surface area contributed by atoms with E-state index in [2.05, 4.69) is 108 Å². The Hall–Kier alpha value is -1.72. The van der Waals surface area contributed by atoms with Crippen LogP contribution >= 0.6 is 0 Å². The summed E-state index contributed by atoms with van der Waals surface area (Å²) in [6.45, 7) is 17.7. The molecule has 1 aliphatic heterocycles. The van der Waals surface area contributed by atoms with Gasteiger partial charge in [0.25, 0.3) is 8.32 Å². The van der Waals surface area contributed by atoms with Crippen molar-refractivity contribution in [3.05, 3.63) is 73.3 Å². The van der Waals surface area contributed by atoms with E-state index < -0.39 is 14.1 Å². The maximum Gasteiger partial charge on any atom is 0.261 e. The van der Waals surface area contributed by atoms with Crippen LogP contribution in [0.4, 0.5) is 0 Å². The molecule has 1 spiro atoms. The van der Waals surface area contributed by atoms with Gasteiger partial charge in [0.1, 0.15) is 0 Å². The molecule has 4 rings (SSSR count). The lowest BCUT2D eigenvalue weighted by molar-refractivity contribution is -0.235. The van der Waals surface area contributed by atoms with E-state index in [0.29, 0.717) is 31.7 Å². The van der Waals surface area contributed by atoms with Crippen LogP contribution in [0.3, 0.4) is 0 Å². The van der Waals surface area contributed by atoms with Crippen LogP contribution in [-0.4, -0.2) is 33.9 Å². The van der Waals surface area contributed by atoms with Gasteiger partial charge >= 0.3 is 0 Å². The Bertz CT molecular complexity index is 907. The van der Waals surface area contributed by atoms with Gasteiger partial charge in [0, 0.05) is 18.4 Å². The van der Waals surface area contributed by atoms with E-state index in [-0.39, 0.29) is 10.5 Å². The first-order valence-electron chi connectivity index (χ1n) is 12.8. The lowest BCUT2D eigenvalue weighted by Gasteiger charge is -2.49. The van der Waals surface area contributed by atoms with E-state index in [1.165, 1.54) is 10.4 Å². The van der Waals surface area contributed by atoms with Gasteiger partial charge < -0.3 is 13.9 Å². The highest BCUT2D eigenvalue weighted by atomic mass is 28.4. The highest BCUT2D eigenvalue weighted by Gasteiger charge is 2.63. The van der Waals surface area contributed by atoms with Crippen LogP contribution in [-0.2, 0) is 13.9 Å². The minimum atomic E-state index is -2.65. The first-order valence-corrected chi connectivity index (χ1v) is 14.7. The number of benzene rings is 2. The normalized spacial score (nSPS) is 25.5. The summed E-state index contributed by atoms with van der Waals surface area (Å²) >= 11 is 0. The van der Waals surface area contributed by atoms with Crippen LogP contribution in [0.25, 0.3) is 0 Å². The fraction of sp³-hybridized carbons (Fsp3) is 0.533. The van der Waals surface area contributed by atoms with Gasteiger partial charge in [-0.3, -0.25) is 0 Å². The molecule has 2 aliphatic rings. The average molecular weight is 479 g/mol. The second-order valence-electron chi connectivity index (χ2n) is 11.5. The predicted molar refractivity (Wildman–Crippen MR) is 143 cm³/mol. The molecular weight excluding hydrogens is 436 g/mol. The molecule has 2 aromatic rings. The molecule has 184 valence electrons. The SMILES string of the molecule is C=CC[C@H](C)[C@@H]1CCC2(OCCO2)[C@@]1(C)CO[Si](c1ccccc1)(c1ccccc1)C(C)(C)C. The molecule has 0 amide bonds. The molecule has 1 aliphatic carbocycles. The summed E-state index contributed by atoms with van der Waals surface area (Å²) in [5.41, 5.74) is -0.237. The molecule has 4 heteroatoms. The summed E-state index contributed by atoms with van der Waals surface area (Å²) < 4.78 is 20.3. The molecule has 2 fully saturated rings. The molecular formula is C30H42O3Si. The fourth-order valence-electron chi connectivity index (χ4n) is 6.74. The molecule has 0 radical (unpaired) electrons. The molecule has 3 atom stereocenters. The van der Waals surface area contributed by atoms with Gasteiger partial charge in [-0.05, 0) is 40.1 Å².